The van der Waals surface area contributed by atoms with Gasteiger partial charge in [0.05, 0.1) is 13.2 Å². The van der Waals surface area contributed by atoms with E-state index in [4.69, 9.17) is 18.7 Å². The number of fused-ring (bicyclic) bond motifs is 1. The lowest BCUT2D eigenvalue weighted by Gasteiger charge is -2.31. The molecule has 0 bridgehead atoms. The van der Waals surface area contributed by atoms with E-state index in [1.165, 1.54) is 12.1 Å². The van der Waals surface area contributed by atoms with Crippen molar-refractivity contribution in [1.82, 2.24) is 9.55 Å². The summed E-state index contributed by atoms with van der Waals surface area (Å²) >= 11 is 0. The highest BCUT2D eigenvalue weighted by atomic mass is 31.3. The van der Waals surface area contributed by atoms with Crippen LogP contribution < -0.4 is 25.8 Å². The molecule has 45 heavy (non-hydrogen) atoms. The Balaban J connectivity index is 1.26. The van der Waals surface area contributed by atoms with Gasteiger partial charge in [0, 0.05) is 12.3 Å². The summed E-state index contributed by atoms with van der Waals surface area (Å²) in [5.74, 6) is 0.0736. The Morgan fingerprint density at radius 3 is 2.36 bits per heavy atom. The first-order valence-electron chi connectivity index (χ1n) is 13.1. The zero-order valence-electron chi connectivity index (χ0n) is 22.9. The number of benzene rings is 3. The molecule has 1 saturated heterocycles. The van der Waals surface area contributed by atoms with E-state index in [-0.39, 0.29) is 5.75 Å². The smallest absolute Gasteiger partial charge is 0.514 e. The molecular formula is C27H24N2O14P2-2. The van der Waals surface area contributed by atoms with Crippen LogP contribution in [-0.4, -0.2) is 45.7 Å². The number of aromatic amines is 1. The number of phosphoric acid groups is 2. The van der Waals surface area contributed by atoms with Gasteiger partial charge in [0.2, 0.25) is 0 Å². The SMILES string of the molecule is O=C(Oc1ccccc1)OC1[C@@H](COP(=O)([O-])OP(=O)([O-])OCc2ccc3ccccc3c2)O[C@@H](n2ccc(=O)[nH]c2=O)[C@H]1O. The molecule has 0 amide bonds. The number of carbonyl (C=O) groups excluding carboxylic acids is 1. The van der Waals surface area contributed by atoms with Crippen LogP contribution in [0.25, 0.3) is 10.8 Å². The maximum absolute atomic E-state index is 12.5. The number of para-hydroxylation sites is 1. The number of aliphatic hydroxyl groups is 1. The maximum Gasteiger partial charge on any atom is 0.514 e. The van der Waals surface area contributed by atoms with E-state index in [1.807, 2.05) is 17.1 Å². The van der Waals surface area contributed by atoms with Crippen LogP contribution in [0.2, 0.25) is 0 Å². The first-order chi connectivity index (χ1) is 21.4. The highest BCUT2D eigenvalue weighted by molar-refractivity contribution is 7.59. The van der Waals surface area contributed by atoms with E-state index in [2.05, 4.69) is 8.83 Å². The molecule has 1 fully saturated rings. The minimum atomic E-state index is -5.67. The predicted octanol–water partition coefficient (Wildman–Crippen LogP) is 1.72. The van der Waals surface area contributed by atoms with Crippen molar-refractivity contribution in [3.63, 3.8) is 0 Å². The normalized spacial score (nSPS) is 22.4. The van der Waals surface area contributed by atoms with Crippen LogP contribution in [0.5, 0.6) is 5.75 Å². The summed E-state index contributed by atoms with van der Waals surface area (Å²) in [5, 5.41) is 12.6. The molecule has 1 aliphatic rings. The molecule has 5 rings (SSSR count). The summed E-state index contributed by atoms with van der Waals surface area (Å²) in [6.45, 7) is -1.60. The third-order valence-electron chi connectivity index (χ3n) is 6.41. The zero-order valence-corrected chi connectivity index (χ0v) is 24.7. The van der Waals surface area contributed by atoms with Crippen molar-refractivity contribution in [1.29, 1.82) is 0 Å². The van der Waals surface area contributed by atoms with Gasteiger partial charge in [-0.15, -0.1) is 0 Å². The lowest BCUT2D eigenvalue weighted by atomic mass is 10.1. The van der Waals surface area contributed by atoms with Crippen LogP contribution in [-0.2, 0) is 38.6 Å². The van der Waals surface area contributed by atoms with Crippen molar-refractivity contribution in [3.05, 3.63) is 111 Å². The molecule has 4 aromatic rings. The third kappa shape index (κ3) is 8.41. The summed E-state index contributed by atoms with van der Waals surface area (Å²) in [6, 6.07) is 20.8. The lowest BCUT2D eigenvalue weighted by Crippen LogP contribution is -2.40. The summed E-state index contributed by atoms with van der Waals surface area (Å²) in [6.07, 6.45) is -7.12. The molecule has 18 heteroatoms. The van der Waals surface area contributed by atoms with Gasteiger partial charge >= 0.3 is 11.8 Å². The maximum atomic E-state index is 12.5. The van der Waals surface area contributed by atoms with E-state index in [9.17, 15) is 38.4 Å². The quantitative estimate of drug-likeness (QED) is 0.132. The molecule has 3 aromatic carbocycles. The van der Waals surface area contributed by atoms with Gasteiger partial charge in [-0.25, -0.2) is 13.9 Å². The van der Waals surface area contributed by atoms with Crippen LogP contribution in [0.3, 0.4) is 0 Å². The number of nitrogens with one attached hydrogen (secondary N) is 1. The standard InChI is InChI=1S/C27H26N2O14P2/c30-22-12-13-29(26(32)28-22)25-23(31)24(42-27(33)40-20-8-2-1-3-9-20)21(41-25)16-39-45(36,37)43-44(34,35)38-15-17-10-11-18-6-4-5-7-19(18)14-17/h1-14,21,23-25,31H,15-16H2,(H,34,35)(H,36,37)(H,28,30,32)/p-2/t21-,23+,24?,25-/m1/s1. The van der Waals surface area contributed by atoms with Gasteiger partial charge in [0.15, 0.2) is 12.3 Å². The molecule has 0 saturated carbocycles. The van der Waals surface area contributed by atoms with E-state index in [0.717, 1.165) is 27.6 Å². The molecule has 0 radical (unpaired) electrons. The molecule has 0 aliphatic carbocycles. The van der Waals surface area contributed by atoms with Crippen LogP contribution in [0.4, 0.5) is 4.79 Å². The van der Waals surface area contributed by atoms with Gasteiger partial charge in [-0.2, -0.15) is 0 Å². The molecule has 3 unspecified atom stereocenters. The molecule has 1 aromatic heterocycles. The first-order valence-corrected chi connectivity index (χ1v) is 16.0. The van der Waals surface area contributed by atoms with Crippen LogP contribution in [0.1, 0.15) is 11.8 Å². The fourth-order valence-electron chi connectivity index (χ4n) is 4.39. The highest BCUT2D eigenvalue weighted by Gasteiger charge is 2.48. The van der Waals surface area contributed by atoms with Crippen LogP contribution in [0, 0.1) is 0 Å². The predicted molar refractivity (Wildman–Crippen MR) is 150 cm³/mol. The second-order valence-electron chi connectivity index (χ2n) is 9.55. The fourth-order valence-corrected chi connectivity index (χ4v) is 6.39. The topological polar surface area (TPSA) is 228 Å². The third-order valence-corrected chi connectivity index (χ3v) is 8.92. The number of aromatic nitrogens is 2. The Morgan fingerprint density at radius 2 is 1.62 bits per heavy atom. The van der Waals surface area contributed by atoms with E-state index in [1.54, 1.807) is 48.5 Å². The molecular weight excluding hydrogens is 638 g/mol. The Labute approximate surface area is 253 Å². The Bertz CT molecular complexity index is 1880. The molecule has 1 aliphatic heterocycles. The Morgan fingerprint density at radius 1 is 0.933 bits per heavy atom. The number of rotatable bonds is 11. The molecule has 16 nitrogen and oxygen atoms in total. The Kier molecular flexibility index (Phi) is 9.79. The van der Waals surface area contributed by atoms with Crippen molar-refractivity contribution >= 4 is 32.6 Å². The summed E-state index contributed by atoms with van der Waals surface area (Å²) in [7, 11) is -11.2. The average Bonchev–Trinajstić information content (AvgIpc) is 3.29. The number of aliphatic hydroxyl groups excluding tert-OH is 1. The number of carbonyl (C=O) groups is 1. The molecule has 2 N–H and O–H groups in total. The number of ether oxygens (including phenoxy) is 3. The molecule has 6 atom stereocenters. The number of H-pyrrole nitrogens is 1. The molecule has 238 valence electrons. The highest BCUT2D eigenvalue weighted by Crippen LogP contribution is 2.56. The fraction of sp³-hybridized carbons (Fsp3) is 0.222. The van der Waals surface area contributed by atoms with Crippen molar-refractivity contribution in [2.45, 2.75) is 31.1 Å². The van der Waals surface area contributed by atoms with Gasteiger partial charge < -0.3 is 38.2 Å². The summed E-state index contributed by atoms with van der Waals surface area (Å²) in [5.41, 5.74) is -1.35. The van der Waals surface area contributed by atoms with Gasteiger partial charge in [-0.1, -0.05) is 54.6 Å². The van der Waals surface area contributed by atoms with Crippen molar-refractivity contribution < 1.29 is 56.4 Å². The second-order valence-corrected chi connectivity index (χ2v) is 12.5. The minimum absolute atomic E-state index is 0.0736. The van der Waals surface area contributed by atoms with Crippen molar-refractivity contribution in [2.24, 2.45) is 0 Å². The molecule has 2 heterocycles. The monoisotopic (exact) mass is 662 g/mol. The Hall–Kier alpha value is -3.95. The summed E-state index contributed by atoms with van der Waals surface area (Å²) in [4.78, 5) is 63.0. The lowest BCUT2D eigenvalue weighted by molar-refractivity contribution is -0.246. The number of hydrogen-bond donors (Lipinski definition) is 2. The van der Waals surface area contributed by atoms with E-state index < -0.39 is 70.8 Å². The van der Waals surface area contributed by atoms with E-state index >= 15 is 0 Å². The largest absolute Gasteiger partial charge is 0.756 e. The van der Waals surface area contributed by atoms with Crippen molar-refractivity contribution in [3.8, 4) is 5.75 Å². The van der Waals surface area contributed by atoms with E-state index in [0.29, 0.717) is 5.56 Å². The zero-order chi connectivity index (χ0) is 32.2. The average molecular weight is 662 g/mol. The summed E-state index contributed by atoms with van der Waals surface area (Å²) < 4.78 is 54.9. The van der Waals surface area contributed by atoms with Crippen molar-refractivity contribution in [2.75, 3.05) is 6.61 Å². The van der Waals surface area contributed by atoms with Crippen LogP contribution >= 0.6 is 15.6 Å². The van der Waals surface area contributed by atoms with Gasteiger partial charge in [-0.05, 0) is 34.5 Å². The second kappa shape index (κ2) is 13.6. The number of nitrogens with zero attached hydrogens (tertiary/aromatic N) is 1. The molecule has 0 spiro atoms. The minimum Gasteiger partial charge on any atom is -0.756 e. The van der Waals surface area contributed by atoms with Crippen LogP contribution in [0.15, 0.2) is 94.6 Å². The van der Waals surface area contributed by atoms with Gasteiger partial charge in [-0.3, -0.25) is 23.5 Å². The van der Waals surface area contributed by atoms with Gasteiger partial charge in [0.1, 0.15) is 18.0 Å². The number of phosphoric ester groups is 2. The van der Waals surface area contributed by atoms with Gasteiger partial charge in [0.25, 0.3) is 21.2 Å². The first kappa shape index (κ1) is 32.4. The number of hydrogen-bond acceptors (Lipinski definition) is 14.